The molecule has 0 fully saturated rings. The number of halogens is 1. The molecule has 0 aliphatic heterocycles. The molecule has 0 saturated heterocycles. The monoisotopic (exact) mass is 261 g/mol. The van der Waals surface area contributed by atoms with Crippen LogP contribution in [0.25, 0.3) is 0 Å². The lowest BCUT2D eigenvalue weighted by Crippen LogP contribution is -2.18. The van der Waals surface area contributed by atoms with Crippen molar-refractivity contribution in [3.63, 3.8) is 0 Å². The maximum absolute atomic E-state index is 11.4. The molecule has 1 aromatic carbocycles. The van der Waals surface area contributed by atoms with E-state index in [1.807, 2.05) is 19.1 Å². The van der Waals surface area contributed by atoms with Gasteiger partial charge in [-0.2, -0.15) is 0 Å². The summed E-state index contributed by atoms with van der Waals surface area (Å²) < 4.78 is 22.8. The van der Waals surface area contributed by atoms with E-state index < -0.39 is 9.84 Å². The van der Waals surface area contributed by atoms with E-state index in [4.69, 9.17) is 11.6 Å². The summed E-state index contributed by atoms with van der Waals surface area (Å²) in [7, 11) is -2.91. The van der Waals surface area contributed by atoms with Crippen molar-refractivity contribution in [1.29, 1.82) is 0 Å². The van der Waals surface area contributed by atoms with E-state index in [0.29, 0.717) is 18.0 Å². The van der Waals surface area contributed by atoms with Crippen LogP contribution in [-0.4, -0.2) is 26.5 Å². The highest BCUT2D eigenvalue weighted by molar-refractivity contribution is 7.91. The number of rotatable bonds is 6. The predicted octanol–water partition coefficient (Wildman–Crippen LogP) is 2.58. The quantitative estimate of drug-likeness (QED) is 0.856. The average Bonchev–Trinajstić information content (AvgIpc) is 2.17. The second-order valence-electron chi connectivity index (χ2n) is 3.59. The van der Waals surface area contributed by atoms with E-state index in [1.165, 1.54) is 0 Å². The summed E-state index contributed by atoms with van der Waals surface area (Å²) in [6, 6.07) is 7.23. The minimum absolute atomic E-state index is 0.160. The normalized spacial score (nSPS) is 11.4. The molecule has 0 spiro atoms. The van der Waals surface area contributed by atoms with Crippen LogP contribution in [0.2, 0.25) is 5.02 Å². The number of hydrogen-bond donors (Lipinski definition) is 1. The molecule has 5 heteroatoms. The molecule has 90 valence electrons. The zero-order valence-corrected chi connectivity index (χ0v) is 10.8. The van der Waals surface area contributed by atoms with E-state index in [-0.39, 0.29) is 11.5 Å². The van der Waals surface area contributed by atoms with Crippen LogP contribution in [-0.2, 0) is 9.84 Å². The van der Waals surface area contributed by atoms with Gasteiger partial charge < -0.3 is 5.32 Å². The molecule has 0 bridgehead atoms. The van der Waals surface area contributed by atoms with Crippen LogP contribution in [0.4, 0.5) is 5.69 Å². The van der Waals surface area contributed by atoms with E-state index in [2.05, 4.69) is 5.32 Å². The molecule has 0 heterocycles. The number of anilines is 1. The molecule has 0 aliphatic carbocycles. The van der Waals surface area contributed by atoms with Gasteiger partial charge in [-0.05, 0) is 24.6 Å². The van der Waals surface area contributed by atoms with Crippen LogP contribution in [0.15, 0.2) is 24.3 Å². The van der Waals surface area contributed by atoms with Crippen LogP contribution in [0.1, 0.15) is 13.3 Å². The minimum atomic E-state index is -2.91. The number of benzene rings is 1. The summed E-state index contributed by atoms with van der Waals surface area (Å²) in [6.45, 7) is 2.28. The highest BCUT2D eigenvalue weighted by atomic mass is 35.5. The molecule has 0 saturated carbocycles. The van der Waals surface area contributed by atoms with Crippen LogP contribution in [0, 0.1) is 0 Å². The van der Waals surface area contributed by atoms with Gasteiger partial charge in [0.1, 0.15) is 0 Å². The SMILES string of the molecule is CCCS(=O)(=O)CCNc1cccc(Cl)c1. The van der Waals surface area contributed by atoms with Crippen molar-refractivity contribution in [3.05, 3.63) is 29.3 Å². The summed E-state index contributed by atoms with van der Waals surface area (Å²) >= 11 is 5.81. The Kier molecular flexibility index (Phi) is 5.09. The van der Waals surface area contributed by atoms with Crippen molar-refractivity contribution in [2.24, 2.45) is 0 Å². The van der Waals surface area contributed by atoms with Crippen LogP contribution >= 0.6 is 11.6 Å². The molecule has 3 nitrogen and oxygen atoms in total. The smallest absolute Gasteiger partial charge is 0.152 e. The molecule has 0 aliphatic rings. The van der Waals surface area contributed by atoms with Gasteiger partial charge in [-0.15, -0.1) is 0 Å². The fourth-order valence-corrected chi connectivity index (χ4v) is 2.79. The molecule has 0 amide bonds. The summed E-state index contributed by atoms with van der Waals surface area (Å²) in [6.07, 6.45) is 0.666. The van der Waals surface area contributed by atoms with E-state index in [0.717, 1.165) is 5.69 Å². The Morgan fingerprint density at radius 2 is 2.06 bits per heavy atom. The van der Waals surface area contributed by atoms with Crippen molar-refractivity contribution < 1.29 is 8.42 Å². The maximum atomic E-state index is 11.4. The lowest BCUT2D eigenvalue weighted by molar-refractivity contribution is 0.595. The summed E-state index contributed by atoms with van der Waals surface area (Å²) in [5.41, 5.74) is 0.846. The number of sulfone groups is 1. The second-order valence-corrected chi connectivity index (χ2v) is 6.33. The maximum Gasteiger partial charge on any atom is 0.152 e. The predicted molar refractivity (Wildman–Crippen MR) is 68.9 cm³/mol. The summed E-state index contributed by atoms with van der Waals surface area (Å²) in [5.74, 6) is 0.414. The standard InChI is InChI=1S/C11H16ClNO2S/c1-2-7-16(14,15)8-6-13-11-5-3-4-10(12)9-11/h3-5,9,13H,2,6-8H2,1H3. The van der Waals surface area contributed by atoms with Crippen molar-refractivity contribution in [3.8, 4) is 0 Å². The van der Waals surface area contributed by atoms with Gasteiger partial charge in [-0.3, -0.25) is 0 Å². The highest BCUT2D eigenvalue weighted by Crippen LogP contribution is 2.14. The van der Waals surface area contributed by atoms with E-state index in [1.54, 1.807) is 12.1 Å². The second kappa shape index (κ2) is 6.11. The van der Waals surface area contributed by atoms with Gasteiger partial charge >= 0.3 is 0 Å². The average molecular weight is 262 g/mol. The molecule has 0 radical (unpaired) electrons. The van der Waals surface area contributed by atoms with E-state index >= 15 is 0 Å². The highest BCUT2D eigenvalue weighted by Gasteiger charge is 2.08. The van der Waals surface area contributed by atoms with Gasteiger partial charge in [0, 0.05) is 23.0 Å². The first-order valence-corrected chi connectivity index (χ1v) is 7.43. The Balaban J connectivity index is 2.42. The molecular weight excluding hydrogens is 246 g/mol. The topological polar surface area (TPSA) is 46.2 Å². The largest absolute Gasteiger partial charge is 0.384 e. The van der Waals surface area contributed by atoms with Crippen molar-refractivity contribution in [1.82, 2.24) is 0 Å². The lowest BCUT2D eigenvalue weighted by Gasteiger charge is -2.06. The molecule has 0 atom stereocenters. The minimum Gasteiger partial charge on any atom is -0.384 e. The Morgan fingerprint density at radius 1 is 1.31 bits per heavy atom. The zero-order valence-electron chi connectivity index (χ0n) is 9.24. The third kappa shape index (κ3) is 4.86. The van der Waals surface area contributed by atoms with Gasteiger partial charge in [0.15, 0.2) is 9.84 Å². The Bertz CT molecular complexity index is 431. The fourth-order valence-electron chi connectivity index (χ4n) is 1.36. The van der Waals surface area contributed by atoms with E-state index in [9.17, 15) is 8.42 Å². The molecule has 0 aromatic heterocycles. The fraction of sp³-hybridized carbons (Fsp3) is 0.455. The van der Waals surface area contributed by atoms with Crippen molar-refractivity contribution >= 4 is 27.1 Å². The summed E-state index contributed by atoms with van der Waals surface area (Å²) in [4.78, 5) is 0. The Hall–Kier alpha value is -0.740. The Morgan fingerprint density at radius 3 is 2.69 bits per heavy atom. The van der Waals surface area contributed by atoms with Gasteiger partial charge in [-0.25, -0.2) is 8.42 Å². The molecular formula is C11H16ClNO2S. The van der Waals surface area contributed by atoms with Crippen LogP contribution in [0.5, 0.6) is 0 Å². The first-order chi connectivity index (χ1) is 7.53. The Labute approximate surface area is 102 Å². The molecule has 1 N–H and O–H groups in total. The van der Waals surface area contributed by atoms with Crippen molar-refractivity contribution in [2.75, 3.05) is 23.4 Å². The molecule has 1 aromatic rings. The van der Waals surface area contributed by atoms with Gasteiger partial charge in [0.2, 0.25) is 0 Å². The molecule has 1 rings (SSSR count). The molecule has 0 unspecified atom stereocenters. The van der Waals surface area contributed by atoms with Crippen LogP contribution < -0.4 is 5.32 Å². The van der Waals surface area contributed by atoms with Gasteiger partial charge in [0.05, 0.1) is 5.75 Å². The third-order valence-corrected chi connectivity index (χ3v) is 4.17. The lowest BCUT2D eigenvalue weighted by atomic mass is 10.3. The van der Waals surface area contributed by atoms with Crippen LogP contribution in [0.3, 0.4) is 0 Å². The first kappa shape index (κ1) is 13.3. The molecule has 16 heavy (non-hydrogen) atoms. The first-order valence-electron chi connectivity index (χ1n) is 5.23. The number of hydrogen-bond acceptors (Lipinski definition) is 3. The third-order valence-electron chi connectivity index (χ3n) is 2.08. The van der Waals surface area contributed by atoms with Gasteiger partial charge in [0.25, 0.3) is 0 Å². The van der Waals surface area contributed by atoms with Crippen molar-refractivity contribution in [2.45, 2.75) is 13.3 Å². The number of nitrogens with one attached hydrogen (secondary N) is 1. The zero-order chi connectivity index (χ0) is 12.0. The van der Waals surface area contributed by atoms with Gasteiger partial charge in [-0.1, -0.05) is 24.6 Å². The summed E-state index contributed by atoms with van der Waals surface area (Å²) in [5, 5.41) is 3.68.